The Labute approximate surface area is 123 Å². The number of hydrogen-bond donors (Lipinski definition) is 3. The van der Waals surface area contributed by atoms with E-state index in [-0.39, 0.29) is 5.91 Å². The Morgan fingerprint density at radius 1 is 1.16 bits per heavy atom. The maximum absolute atomic E-state index is 12.1. The Bertz CT molecular complexity index is 646. The largest absolute Gasteiger partial charge is 0.399 e. The van der Waals surface area contributed by atoms with Gasteiger partial charge in [0.15, 0.2) is 0 Å². The molecule has 0 bridgehead atoms. The SMILES string of the molecule is Nc1ccc(C(=O)Nc2cc(Br)ccc2Cl)c(N)c1. The molecule has 0 spiro atoms. The highest BCUT2D eigenvalue weighted by molar-refractivity contribution is 9.10. The summed E-state index contributed by atoms with van der Waals surface area (Å²) >= 11 is 9.32. The monoisotopic (exact) mass is 339 g/mol. The molecule has 1 amide bonds. The molecule has 6 heteroatoms. The van der Waals surface area contributed by atoms with Gasteiger partial charge in [-0.05, 0) is 36.4 Å². The van der Waals surface area contributed by atoms with Gasteiger partial charge in [0.05, 0.1) is 16.3 Å². The van der Waals surface area contributed by atoms with Crippen LogP contribution in [-0.4, -0.2) is 5.91 Å². The lowest BCUT2D eigenvalue weighted by atomic mass is 10.1. The summed E-state index contributed by atoms with van der Waals surface area (Å²) in [7, 11) is 0. The number of rotatable bonds is 2. The summed E-state index contributed by atoms with van der Waals surface area (Å²) in [5.41, 5.74) is 13.0. The van der Waals surface area contributed by atoms with Gasteiger partial charge in [-0.15, -0.1) is 0 Å². The summed E-state index contributed by atoms with van der Waals surface area (Å²) in [5, 5.41) is 3.16. The molecule has 0 fully saturated rings. The second kappa shape index (κ2) is 5.50. The highest BCUT2D eigenvalue weighted by Gasteiger charge is 2.12. The fraction of sp³-hybridized carbons (Fsp3) is 0. The normalized spacial score (nSPS) is 10.2. The van der Waals surface area contributed by atoms with Crippen LogP contribution in [0, 0.1) is 0 Å². The van der Waals surface area contributed by atoms with Crippen molar-refractivity contribution in [2.75, 3.05) is 16.8 Å². The van der Waals surface area contributed by atoms with Crippen LogP contribution in [0.25, 0.3) is 0 Å². The Morgan fingerprint density at radius 3 is 2.58 bits per heavy atom. The van der Waals surface area contributed by atoms with E-state index in [1.807, 2.05) is 0 Å². The van der Waals surface area contributed by atoms with E-state index in [1.54, 1.807) is 30.3 Å². The first-order valence-electron chi connectivity index (χ1n) is 5.39. The standard InChI is InChI=1S/C13H11BrClN3O/c14-7-1-4-10(15)12(5-7)18-13(19)9-3-2-8(16)6-11(9)17/h1-6H,16-17H2,(H,18,19). The van der Waals surface area contributed by atoms with Gasteiger partial charge >= 0.3 is 0 Å². The van der Waals surface area contributed by atoms with Gasteiger partial charge in [-0.3, -0.25) is 4.79 Å². The molecular weight excluding hydrogens is 330 g/mol. The number of anilines is 3. The highest BCUT2D eigenvalue weighted by atomic mass is 79.9. The summed E-state index contributed by atoms with van der Waals surface area (Å²) in [5.74, 6) is -0.336. The smallest absolute Gasteiger partial charge is 0.257 e. The van der Waals surface area contributed by atoms with E-state index in [2.05, 4.69) is 21.2 Å². The number of carbonyl (C=O) groups is 1. The Kier molecular flexibility index (Phi) is 3.97. The third-order valence-corrected chi connectivity index (χ3v) is 3.32. The van der Waals surface area contributed by atoms with Crippen molar-refractivity contribution in [1.29, 1.82) is 0 Å². The first kappa shape index (κ1) is 13.7. The summed E-state index contributed by atoms with van der Waals surface area (Å²) < 4.78 is 0.817. The van der Waals surface area contributed by atoms with E-state index in [9.17, 15) is 4.79 Å². The van der Waals surface area contributed by atoms with Crippen molar-refractivity contribution in [3.63, 3.8) is 0 Å². The zero-order chi connectivity index (χ0) is 14.0. The number of hydrogen-bond acceptors (Lipinski definition) is 3. The molecule has 4 nitrogen and oxygen atoms in total. The summed E-state index contributed by atoms with van der Waals surface area (Å²) in [6.45, 7) is 0. The second-order valence-electron chi connectivity index (χ2n) is 3.92. The molecule has 0 aliphatic carbocycles. The molecule has 2 aromatic carbocycles. The van der Waals surface area contributed by atoms with Crippen molar-refractivity contribution in [2.24, 2.45) is 0 Å². The molecule has 2 rings (SSSR count). The van der Waals surface area contributed by atoms with Gasteiger partial charge in [0.25, 0.3) is 5.91 Å². The maximum atomic E-state index is 12.1. The van der Waals surface area contributed by atoms with E-state index >= 15 is 0 Å². The number of benzene rings is 2. The summed E-state index contributed by atoms with van der Waals surface area (Å²) in [6, 6.07) is 9.92. The fourth-order valence-corrected chi connectivity index (χ4v) is 2.10. The first-order valence-corrected chi connectivity index (χ1v) is 6.56. The average Bonchev–Trinajstić information content (AvgIpc) is 2.33. The van der Waals surface area contributed by atoms with Crippen molar-refractivity contribution in [3.8, 4) is 0 Å². The topological polar surface area (TPSA) is 81.1 Å². The maximum Gasteiger partial charge on any atom is 0.257 e. The Morgan fingerprint density at radius 2 is 1.89 bits per heavy atom. The number of nitrogen functional groups attached to an aromatic ring is 2. The van der Waals surface area contributed by atoms with E-state index in [0.717, 1.165) is 4.47 Å². The minimum atomic E-state index is -0.336. The van der Waals surface area contributed by atoms with Gasteiger partial charge in [0, 0.05) is 15.8 Å². The highest BCUT2D eigenvalue weighted by Crippen LogP contribution is 2.27. The van der Waals surface area contributed by atoms with Crippen LogP contribution in [0.15, 0.2) is 40.9 Å². The predicted octanol–water partition coefficient (Wildman–Crippen LogP) is 3.52. The Balaban J connectivity index is 2.28. The van der Waals surface area contributed by atoms with Gasteiger partial charge in [-0.25, -0.2) is 0 Å². The number of carbonyl (C=O) groups excluding carboxylic acids is 1. The van der Waals surface area contributed by atoms with Gasteiger partial charge in [-0.1, -0.05) is 27.5 Å². The first-order chi connectivity index (χ1) is 8.97. The van der Waals surface area contributed by atoms with Crippen molar-refractivity contribution in [2.45, 2.75) is 0 Å². The van der Waals surface area contributed by atoms with Crippen LogP contribution in [-0.2, 0) is 0 Å². The fourth-order valence-electron chi connectivity index (χ4n) is 1.57. The average molecular weight is 341 g/mol. The minimum absolute atomic E-state index is 0.323. The lowest BCUT2D eigenvalue weighted by Gasteiger charge is -2.10. The van der Waals surface area contributed by atoms with Crippen molar-refractivity contribution in [3.05, 3.63) is 51.5 Å². The molecule has 19 heavy (non-hydrogen) atoms. The van der Waals surface area contributed by atoms with Crippen LogP contribution in [0.5, 0.6) is 0 Å². The molecule has 0 aliphatic rings. The van der Waals surface area contributed by atoms with Gasteiger partial charge < -0.3 is 16.8 Å². The molecule has 5 N–H and O–H groups in total. The zero-order valence-corrected chi connectivity index (χ0v) is 12.1. The van der Waals surface area contributed by atoms with Crippen LogP contribution in [0.3, 0.4) is 0 Å². The molecule has 0 heterocycles. The second-order valence-corrected chi connectivity index (χ2v) is 5.25. The van der Waals surface area contributed by atoms with Crippen molar-refractivity contribution >= 4 is 50.5 Å². The summed E-state index contributed by atoms with van der Waals surface area (Å²) in [6.07, 6.45) is 0. The van der Waals surface area contributed by atoms with Gasteiger partial charge in [0.1, 0.15) is 0 Å². The molecule has 0 radical (unpaired) electrons. The zero-order valence-electron chi connectivity index (χ0n) is 9.78. The van der Waals surface area contributed by atoms with E-state index in [1.165, 1.54) is 6.07 Å². The van der Waals surface area contributed by atoms with Crippen molar-refractivity contribution < 1.29 is 4.79 Å². The lowest BCUT2D eigenvalue weighted by Crippen LogP contribution is -2.14. The van der Waals surface area contributed by atoms with Gasteiger partial charge in [-0.2, -0.15) is 0 Å². The molecular formula is C13H11BrClN3O. The lowest BCUT2D eigenvalue weighted by molar-refractivity contribution is 0.102. The third-order valence-electron chi connectivity index (χ3n) is 2.50. The Hall–Kier alpha value is -1.72. The quantitative estimate of drug-likeness (QED) is 0.732. The van der Waals surface area contributed by atoms with Crippen LogP contribution >= 0.6 is 27.5 Å². The van der Waals surface area contributed by atoms with Crippen LogP contribution in [0.1, 0.15) is 10.4 Å². The van der Waals surface area contributed by atoms with E-state index in [0.29, 0.717) is 27.6 Å². The van der Waals surface area contributed by atoms with Crippen LogP contribution in [0.4, 0.5) is 17.1 Å². The van der Waals surface area contributed by atoms with E-state index in [4.69, 9.17) is 23.1 Å². The molecule has 2 aromatic rings. The number of nitrogens with one attached hydrogen (secondary N) is 1. The number of amides is 1. The molecule has 0 saturated heterocycles. The molecule has 98 valence electrons. The van der Waals surface area contributed by atoms with Crippen molar-refractivity contribution in [1.82, 2.24) is 0 Å². The van der Waals surface area contributed by atoms with E-state index < -0.39 is 0 Å². The van der Waals surface area contributed by atoms with Crippen LogP contribution in [0.2, 0.25) is 5.02 Å². The third kappa shape index (κ3) is 3.19. The number of halogens is 2. The molecule has 0 aliphatic heterocycles. The molecule has 0 unspecified atom stereocenters. The molecule has 0 atom stereocenters. The number of nitrogens with two attached hydrogens (primary N) is 2. The van der Waals surface area contributed by atoms with Crippen LogP contribution < -0.4 is 16.8 Å². The molecule has 0 saturated carbocycles. The minimum Gasteiger partial charge on any atom is -0.399 e. The van der Waals surface area contributed by atoms with Gasteiger partial charge in [0.2, 0.25) is 0 Å². The summed E-state index contributed by atoms with van der Waals surface area (Å²) in [4.78, 5) is 12.1. The predicted molar refractivity (Wildman–Crippen MR) is 82.4 cm³/mol. The molecule has 0 aromatic heterocycles.